The molecule has 1 N–H and O–H groups in total. The molecule has 0 amide bonds. The topological polar surface area (TPSA) is 46.6 Å². The van der Waals surface area contributed by atoms with E-state index in [0.29, 0.717) is 15.7 Å². The monoisotopic (exact) mass is 416 g/mol. The minimum Gasteiger partial charge on any atom is -0.477 e. The Bertz CT molecular complexity index is 1070. The fraction of sp³-hybridized carbons (Fsp3) is 0.0526. The molecule has 0 saturated heterocycles. The number of hydrogen-bond donors (Lipinski definition) is 1. The molecule has 26 heavy (non-hydrogen) atoms. The maximum absolute atomic E-state index is 13.9. The zero-order chi connectivity index (χ0) is 19.0. The predicted octanol–water partition coefficient (Wildman–Crippen LogP) is 5.65. The molecule has 4 nitrogen and oxygen atoms in total. The van der Waals surface area contributed by atoms with Gasteiger partial charge in [0, 0.05) is 24.2 Å². The molecule has 7 heteroatoms. The van der Waals surface area contributed by atoms with Crippen LogP contribution in [0.4, 0.5) is 14.5 Å². The van der Waals surface area contributed by atoms with Gasteiger partial charge < -0.3 is 9.67 Å². The summed E-state index contributed by atoms with van der Waals surface area (Å²) in [5, 5.41) is 9.51. The van der Waals surface area contributed by atoms with Gasteiger partial charge in [-0.3, -0.25) is 0 Å². The van der Waals surface area contributed by atoms with Gasteiger partial charge >= 0.3 is 5.97 Å². The number of aromatic nitrogens is 1. The Morgan fingerprint density at radius 1 is 1.15 bits per heavy atom. The van der Waals surface area contributed by atoms with Crippen LogP contribution in [0, 0.1) is 18.2 Å². The van der Waals surface area contributed by atoms with Gasteiger partial charge in [0.05, 0.1) is 11.2 Å². The van der Waals surface area contributed by atoms with Gasteiger partial charge in [-0.15, -0.1) is 0 Å². The summed E-state index contributed by atoms with van der Waals surface area (Å²) in [7, 11) is 1.55. The minimum atomic E-state index is -1.16. The normalized spacial score (nSPS) is 10.6. The van der Waals surface area contributed by atoms with Gasteiger partial charge in [0.25, 0.3) is 0 Å². The molecule has 0 atom stereocenters. The van der Waals surface area contributed by atoms with E-state index < -0.39 is 17.6 Å². The van der Waals surface area contributed by atoms with Gasteiger partial charge in [-0.05, 0) is 39.2 Å². The highest BCUT2D eigenvalue weighted by Gasteiger charge is 2.25. The second kappa shape index (κ2) is 6.73. The number of benzene rings is 2. The van der Waals surface area contributed by atoms with E-state index >= 15 is 0 Å². The van der Waals surface area contributed by atoms with Crippen molar-refractivity contribution in [1.29, 1.82) is 0 Å². The number of rotatable bonds is 3. The predicted molar refractivity (Wildman–Crippen MR) is 97.1 cm³/mol. The van der Waals surface area contributed by atoms with Crippen molar-refractivity contribution >= 4 is 27.6 Å². The molecule has 3 aromatic rings. The maximum atomic E-state index is 13.9. The number of carbonyl (C=O) groups is 1. The SMILES string of the molecule is [C-]#[N+]c1c(-c2ccc(-c3ccc(F)cc3F)cc2)c(C(=O)O)n(C)c1Br. The van der Waals surface area contributed by atoms with Gasteiger partial charge in [-0.25, -0.2) is 18.4 Å². The summed E-state index contributed by atoms with van der Waals surface area (Å²) in [4.78, 5) is 15.1. The summed E-state index contributed by atoms with van der Waals surface area (Å²) in [6.07, 6.45) is 0. The third-order valence-corrected chi connectivity index (χ3v) is 4.94. The summed E-state index contributed by atoms with van der Waals surface area (Å²) in [6.45, 7) is 7.35. The molecule has 130 valence electrons. The van der Waals surface area contributed by atoms with Crippen LogP contribution < -0.4 is 0 Å². The van der Waals surface area contributed by atoms with E-state index in [4.69, 9.17) is 6.57 Å². The van der Waals surface area contributed by atoms with Gasteiger partial charge in [0.15, 0.2) is 0 Å². The molecule has 0 aliphatic rings. The Balaban J connectivity index is 2.14. The number of hydrogen-bond acceptors (Lipinski definition) is 1. The van der Waals surface area contributed by atoms with Crippen LogP contribution in [0.1, 0.15) is 10.5 Å². The van der Waals surface area contributed by atoms with Crippen LogP contribution >= 0.6 is 15.9 Å². The van der Waals surface area contributed by atoms with Crippen LogP contribution in [0.3, 0.4) is 0 Å². The summed E-state index contributed by atoms with van der Waals surface area (Å²) >= 11 is 3.25. The quantitative estimate of drug-likeness (QED) is 0.560. The van der Waals surface area contributed by atoms with Crippen LogP contribution in [0.5, 0.6) is 0 Å². The zero-order valence-corrected chi connectivity index (χ0v) is 15.0. The second-order valence-electron chi connectivity index (χ2n) is 5.54. The fourth-order valence-electron chi connectivity index (χ4n) is 2.81. The molecular weight excluding hydrogens is 406 g/mol. The number of carboxylic acid groups (broad SMARTS) is 1. The Morgan fingerprint density at radius 2 is 1.77 bits per heavy atom. The third kappa shape index (κ3) is 2.89. The van der Waals surface area contributed by atoms with Crippen molar-refractivity contribution < 1.29 is 18.7 Å². The molecule has 1 aromatic heterocycles. The first kappa shape index (κ1) is 17.8. The highest BCUT2D eigenvalue weighted by Crippen LogP contribution is 2.42. The van der Waals surface area contributed by atoms with E-state index in [-0.39, 0.29) is 22.5 Å². The molecule has 0 bridgehead atoms. The molecule has 1 heterocycles. The van der Waals surface area contributed by atoms with E-state index in [1.807, 2.05) is 0 Å². The van der Waals surface area contributed by atoms with Gasteiger partial charge in [-0.1, -0.05) is 24.3 Å². The van der Waals surface area contributed by atoms with Gasteiger partial charge in [0.2, 0.25) is 5.69 Å². The molecule has 0 aliphatic heterocycles. The van der Waals surface area contributed by atoms with Crippen LogP contribution in [-0.2, 0) is 7.05 Å². The fourth-order valence-corrected chi connectivity index (χ4v) is 3.27. The van der Waals surface area contributed by atoms with Crippen molar-refractivity contribution in [3.63, 3.8) is 0 Å². The lowest BCUT2D eigenvalue weighted by molar-refractivity contribution is 0.0687. The van der Waals surface area contributed by atoms with Crippen LogP contribution in [-0.4, -0.2) is 15.6 Å². The summed E-state index contributed by atoms with van der Waals surface area (Å²) in [5.74, 6) is -2.51. The average Bonchev–Trinajstić information content (AvgIpc) is 2.86. The Labute approximate surface area is 156 Å². The minimum absolute atomic E-state index is 0.0245. The van der Waals surface area contributed by atoms with Crippen molar-refractivity contribution in [1.82, 2.24) is 4.57 Å². The van der Waals surface area contributed by atoms with E-state index in [1.165, 1.54) is 16.7 Å². The zero-order valence-electron chi connectivity index (χ0n) is 13.4. The summed E-state index contributed by atoms with van der Waals surface area (Å²) < 4.78 is 28.8. The largest absolute Gasteiger partial charge is 0.477 e. The van der Waals surface area contributed by atoms with Crippen LogP contribution in [0.15, 0.2) is 47.1 Å². The molecule has 0 aliphatic carbocycles. The average molecular weight is 417 g/mol. The van der Waals surface area contributed by atoms with Crippen molar-refractivity contribution in [2.24, 2.45) is 7.05 Å². The van der Waals surface area contributed by atoms with E-state index in [2.05, 4.69) is 20.8 Å². The summed E-state index contributed by atoms with van der Waals surface area (Å²) in [6, 6.07) is 9.74. The van der Waals surface area contributed by atoms with Crippen molar-refractivity contribution in [3.05, 3.63) is 75.8 Å². The van der Waals surface area contributed by atoms with Gasteiger partial charge in [0.1, 0.15) is 17.3 Å². The number of halogens is 3. The van der Waals surface area contributed by atoms with Crippen molar-refractivity contribution in [2.45, 2.75) is 0 Å². The van der Waals surface area contributed by atoms with Crippen molar-refractivity contribution in [3.8, 4) is 22.3 Å². The first-order valence-corrected chi connectivity index (χ1v) is 8.19. The molecule has 0 radical (unpaired) electrons. The maximum Gasteiger partial charge on any atom is 0.351 e. The molecule has 3 rings (SSSR count). The van der Waals surface area contributed by atoms with Gasteiger partial charge in [-0.2, -0.15) is 0 Å². The number of aromatic carboxylic acids is 1. The molecule has 0 saturated carbocycles. The van der Waals surface area contributed by atoms with Crippen molar-refractivity contribution in [2.75, 3.05) is 0 Å². The highest BCUT2D eigenvalue weighted by atomic mass is 79.9. The molecule has 2 aromatic carbocycles. The Hall–Kier alpha value is -2.98. The van der Waals surface area contributed by atoms with E-state index in [1.54, 1.807) is 31.3 Å². The molecule has 0 unspecified atom stereocenters. The highest BCUT2D eigenvalue weighted by molar-refractivity contribution is 9.10. The van der Waals surface area contributed by atoms with E-state index in [9.17, 15) is 18.7 Å². The molecule has 0 spiro atoms. The Morgan fingerprint density at radius 3 is 2.31 bits per heavy atom. The van der Waals surface area contributed by atoms with Crippen LogP contribution in [0.2, 0.25) is 0 Å². The smallest absolute Gasteiger partial charge is 0.351 e. The summed E-state index contributed by atoms with van der Waals surface area (Å²) in [5.41, 5.74) is 1.71. The Kier molecular flexibility index (Phi) is 4.62. The first-order chi connectivity index (χ1) is 12.3. The number of carboxylic acids is 1. The van der Waals surface area contributed by atoms with E-state index in [0.717, 1.165) is 6.07 Å². The first-order valence-electron chi connectivity index (χ1n) is 7.40. The second-order valence-corrected chi connectivity index (χ2v) is 6.29. The molecule has 0 fully saturated rings. The standard InChI is InChI=1S/C19H11BrF2N2O2/c1-23-16-15(17(19(25)26)24(2)18(16)20)11-5-3-10(4-6-11)13-8-7-12(21)9-14(13)22/h3-9H,2H3,(H,25,26). The lowest BCUT2D eigenvalue weighted by Gasteiger charge is -2.07. The lowest BCUT2D eigenvalue weighted by atomic mass is 9.99. The lowest BCUT2D eigenvalue weighted by Crippen LogP contribution is -2.06. The number of nitrogens with zero attached hydrogens (tertiary/aromatic N) is 2. The van der Waals surface area contributed by atoms with Crippen LogP contribution in [0.25, 0.3) is 27.1 Å². The molecular formula is C19H11BrF2N2O2. The third-order valence-electron chi connectivity index (χ3n) is 4.03.